The van der Waals surface area contributed by atoms with Crippen LogP contribution in [0.3, 0.4) is 0 Å². The van der Waals surface area contributed by atoms with Gasteiger partial charge in [-0.1, -0.05) is 0 Å². The number of anilines is 1. The molecule has 0 bridgehead atoms. The minimum atomic E-state index is 0.371. The van der Waals surface area contributed by atoms with Crippen LogP contribution < -0.4 is 4.90 Å². The number of aromatic nitrogens is 2. The van der Waals surface area contributed by atoms with Gasteiger partial charge in [0, 0.05) is 32.8 Å². The summed E-state index contributed by atoms with van der Waals surface area (Å²) in [6.07, 6.45) is 8.49. The summed E-state index contributed by atoms with van der Waals surface area (Å²) in [5.41, 5.74) is 3.92. The quantitative estimate of drug-likeness (QED) is 0.835. The van der Waals surface area contributed by atoms with E-state index in [0.717, 1.165) is 31.8 Å². The zero-order valence-corrected chi connectivity index (χ0v) is 12.0. The van der Waals surface area contributed by atoms with Crippen LogP contribution in [-0.2, 0) is 24.0 Å². The van der Waals surface area contributed by atoms with Crippen LogP contribution in [0.2, 0.25) is 0 Å². The van der Waals surface area contributed by atoms with Gasteiger partial charge in [0.1, 0.15) is 0 Å². The Morgan fingerprint density at radius 2 is 2.00 bits per heavy atom. The number of rotatable bonds is 3. The van der Waals surface area contributed by atoms with E-state index in [-0.39, 0.29) is 0 Å². The van der Waals surface area contributed by atoms with Crippen molar-refractivity contribution in [2.45, 2.75) is 51.0 Å². The molecule has 0 N–H and O–H groups in total. The number of hydrogen-bond acceptors (Lipinski definition) is 4. The van der Waals surface area contributed by atoms with E-state index < -0.39 is 0 Å². The van der Waals surface area contributed by atoms with Crippen molar-refractivity contribution in [1.29, 1.82) is 0 Å². The third-order valence-electron chi connectivity index (χ3n) is 4.10. The SMILES string of the molecule is CN(C)c1nc2c(c(C[C@H]3CCCO3)n1)CCCC2. The number of aryl methyl sites for hydroxylation is 1. The lowest BCUT2D eigenvalue weighted by Crippen LogP contribution is -2.21. The molecule has 3 rings (SSSR count). The Morgan fingerprint density at radius 3 is 2.74 bits per heavy atom. The highest BCUT2D eigenvalue weighted by Gasteiger charge is 2.23. The lowest BCUT2D eigenvalue weighted by atomic mass is 9.92. The van der Waals surface area contributed by atoms with Crippen molar-refractivity contribution in [2.75, 3.05) is 25.6 Å². The van der Waals surface area contributed by atoms with E-state index in [9.17, 15) is 0 Å². The molecule has 0 spiro atoms. The normalized spacial score (nSPS) is 22.3. The van der Waals surface area contributed by atoms with Crippen molar-refractivity contribution < 1.29 is 4.74 Å². The molecule has 4 heteroatoms. The lowest BCUT2D eigenvalue weighted by Gasteiger charge is -2.22. The molecule has 0 aromatic carbocycles. The van der Waals surface area contributed by atoms with E-state index >= 15 is 0 Å². The summed E-state index contributed by atoms with van der Waals surface area (Å²) < 4.78 is 5.77. The molecule has 1 fully saturated rings. The third kappa shape index (κ3) is 2.73. The first-order chi connectivity index (χ1) is 9.24. The molecule has 0 unspecified atom stereocenters. The summed E-state index contributed by atoms with van der Waals surface area (Å²) in [7, 11) is 4.03. The van der Waals surface area contributed by atoms with Gasteiger partial charge in [-0.15, -0.1) is 0 Å². The Morgan fingerprint density at radius 1 is 1.16 bits per heavy atom. The van der Waals surface area contributed by atoms with Crippen LogP contribution in [0.4, 0.5) is 5.95 Å². The second-order valence-corrected chi connectivity index (χ2v) is 5.84. The van der Waals surface area contributed by atoms with Gasteiger partial charge in [-0.3, -0.25) is 0 Å². The maximum Gasteiger partial charge on any atom is 0.225 e. The molecule has 1 saturated heterocycles. The van der Waals surface area contributed by atoms with E-state index in [0.29, 0.717) is 6.10 Å². The second kappa shape index (κ2) is 5.45. The zero-order chi connectivity index (χ0) is 13.2. The van der Waals surface area contributed by atoms with Crippen LogP contribution >= 0.6 is 0 Å². The molecule has 2 aliphatic rings. The Labute approximate surface area is 115 Å². The summed E-state index contributed by atoms with van der Waals surface area (Å²) in [5, 5.41) is 0. The predicted octanol–water partition coefficient (Wildman–Crippen LogP) is 2.14. The highest BCUT2D eigenvalue weighted by Crippen LogP contribution is 2.27. The van der Waals surface area contributed by atoms with Gasteiger partial charge in [-0.25, -0.2) is 9.97 Å². The van der Waals surface area contributed by atoms with Crippen LogP contribution in [-0.4, -0.2) is 36.8 Å². The Hall–Kier alpha value is -1.16. The van der Waals surface area contributed by atoms with E-state index in [1.165, 1.54) is 42.6 Å². The molecule has 1 aliphatic heterocycles. The molecule has 1 aromatic rings. The number of nitrogens with zero attached hydrogens (tertiary/aromatic N) is 3. The van der Waals surface area contributed by atoms with Gasteiger partial charge >= 0.3 is 0 Å². The molecule has 1 atom stereocenters. The Kier molecular flexibility index (Phi) is 3.69. The number of fused-ring (bicyclic) bond motifs is 1. The molecule has 1 aromatic heterocycles. The topological polar surface area (TPSA) is 38.2 Å². The fraction of sp³-hybridized carbons (Fsp3) is 0.733. The molecule has 0 radical (unpaired) electrons. The second-order valence-electron chi connectivity index (χ2n) is 5.84. The molecule has 19 heavy (non-hydrogen) atoms. The number of hydrogen-bond donors (Lipinski definition) is 0. The Bertz CT molecular complexity index is 453. The summed E-state index contributed by atoms with van der Waals surface area (Å²) >= 11 is 0. The van der Waals surface area contributed by atoms with E-state index in [1.807, 2.05) is 19.0 Å². The minimum Gasteiger partial charge on any atom is -0.378 e. The monoisotopic (exact) mass is 261 g/mol. The molecule has 4 nitrogen and oxygen atoms in total. The van der Waals surface area contributed by atoms with Crippen molar-refractivity contribution in [2.24, 2.45) is 0 Å². The third-order valence-corrected chi connectivity index (χ3v) is 4.10. The summed E-state index contributed by atoms with van der Waals surface area (Å²) in [6, 6.07) is 0. The molecular weight excluding hydrogens is 238 g/mol. The molecule has 104 valence electrons. The van der Waals surface area contributed by atoms with Gasteiger partial charge in [-0.2, -0.15) is 0 Å². The van der Waals surface area contributed by atoms with Crippen LogP contribution in [0.25, 0.3) is 0 Å². The lowest BCUT2D eigenvalue weighted by molar-refractivity contribution is 0.110. The van der Waals surface area contributed by atoms with Crippen LogP contribution in [0.5, 0.6) is 0 Å². The fourth-order valence-electron chi connectivity index (χ4n) is 3.05. The van der Waals surface area contributed by atoms with Gasteiger partial charge in [0.05, 0.1) is 11.8 Å². The van der Waals surface area contributed by atoms with Crippen LogP contribution in [0.1, 0.15) is 42.6 Å². The van der Waals surface area contributed by atoms with Crippen LogP contribution in [0, 0.1) is 0 Å². The molecule has 2 heterocycles. The van der Waals surface area contributed by atoms with Crippen molar-refractivity contribution in [3.63, 3.8) is 0 Å². The largest absolute Gasteiger partial charge is 0.378 e. The van der Waals surface area contributed by atoms with Gasteiger partial charge in [0.2, 0.25) is 5.95 Å². The van der Waals surface area contributed by atoms with E-state index in [1.54, 1.807) is 0 Å². The van der Waals surface area contributed by atoms with E-state index in [2.05, 4.69) is 0 Å². The van der Waals surface area contributed by atoms with Gasteiger partial charge < -0.3 is 9.64 Å². The smallest absolute Gasteiger partial charge is 0.225 e. The molecular formula is C15H23N3O. The predicted molar refractivity (Wildman–Crippen MR) is 75.7 cm³/mol. The first-order valence-corrected chi connectivity index (χ1v) is 7.41. The van der Waals surface area contributed by atoms with E-state index in [4.69, 9.17) is 14.7 Å². The van der Waals surface area contributed by atoms with Crippen molar-refractivity contribution in [3.8, 4) is 0 Å². The summed E-state index contributed by atoms with van der Waals surface area (Å²) in [4.78, 5) is 11.5. The summed E-state index contributed by atoms with van der Waals surface area (Å²) in [6.45, 7) is 0.915. The van der Waals surface area contributed by atoms with Crippen LogP contribution in [0.15, 0.2) is 0 Å². The van der Waals surface area contributed by atoms with Gasteiger partial charge in [-0.05, 0) is 44.1 Å². The Balaban J connectivity index is 1.92. The van der Waals surface area contributed by atoms with Gasteiger partial charge in [0.15, 0.2) is 0 Å². The maximum absolute atomic E-state index is 5.77. The molecule has 0 saturated carbocycles. The molecule has 0 amide bonds. The zero-order valence-electron chi connectivity index (χ0n) is 12.0. The first-order valence-electron chi connectivity index (χ1n) is 7.41. The summed E-state index contributed by atoms with van der Waals surface area (Å²) in [5.74, 6) is 0.855. The number of ether oxygens (including phenoxy) is 1. The average Bonchev–Trinajstić information content (AvgIpc) is 2.91. The fourth-order valence-corrected chi connectivity index (χ4v) is 3.05. The average molecular weight is 261 g/mol. The standard InChI is InChI=1S/C15H23N3O/c1-18(2)15-16-13-8-4-3-7-12(13)14(17-15)10-11-6-5-9-19-11/h11H,3-10H2,1-2H3/t11-/m1/s1. The maximum atomic E-state index is 5.77. The highest BCUT2D eigenvalue weighted by molar-refractivity contribution is 5.37. The highest BCUT2D eigenvalue weighted by atomic mass is 16.5. The minimum absolute atomic E-state index is 0.371. The first kappa shape index (κ1) is 12.9. The molecule has 1 aliphatic carbocycles. The van der Waals surface area contributed by atoms with Crippen molar-refractivity contribution in [3.05, 3.63) is 17.0 Å². The van der Waals surface area contributed by atoms with Gasteiger partial charge in [0.25, 0.3) is 0 Å². The van der Waals surface area contributed by atoms with Crippen molar-refractivity contribution in [1.82, 2.24) is 9.97 Å². The van der Waals surface area contributed by atoms with Crippen molar-refractivity contribution >= 4 is 5.95 Å².